The number of aryl methyl sites for hydroxylation is 1. The van der Waals surface area contributed by atoms with Crippen LogP contribution >= 0.6 is 15.9 Å². The summed E-state index contributed by atoms with van der Waals surface area (Å²) in [6.07, 6.45) is 7.32. The number of rotatable bonds is 7. The zero-order chi connectivity index (χ0) is 15.2. The van der Waals surface area contributed by atoms with Crippen LogP contribution in [-0.2, 0) is 17.2 Å². The predicted molar refractivity (Wildman–Crippen MR) is 91.9 cm³/mol. The van der Waals surface area contributed by atoms with Crippen LogP contribution < -0.4 is 0 Å². The number of hydrogen-bond donors (Lipinski definition) is 1. The molecule has 0 unspecified atom stereocenters. The first-order chi connectivity index (χ1) is 9.40. The Bertz CT molecular complexity index is 418. The normalized spacial score (nSPS) is 11.8. The largest absolute Gasteiger partial charge is 0.507 e. The number of hydrogen-bond acceptors (Lipinski definition) is 1. The fourth-order valence-corrected chi connectivity index (χ4v) is 2.84. The number of phenolic OH excluding ortho intramolecular Hbond substituents is 1. The van der Waals surface area contributed by atoms with E-state index in [1.54, 1.807) is 0 Å². The molecule has 0 fully saturated rings. The maximum Gasteiger partial charge on any atom is 0.122 e. The number of halogens is 1. The van der Waals surface area contributed by atoms with E-state index in [0.29, 0.717) is 5.75 Å². The molecule has 20 heavy (non-hydrogen) atoms. The molecular weight excluding hydrogens is 312 g/mol. The van der Waals surface area contributed by atoms with Gasteiger partial charge in [0.25, 0.3) is 0 Å². The quantitative estimate of drug-likeness (QED) is 0.469. The van der Waals surface area contributed by atoms with E-state index in [1.165, 1.54) is 37.7 Å². The Labute approximate surface area is 132 Å². The summed E-state index contributed by atoms with van der Waals surface area (Å²) in [5.41, 5.74) is 3.43. The lowest BCUT2D eigenvalue weighted by atomic mass is 9.83. The van der Waals surface area contributed by atoms with Crippen molar-refractivity contribution in [1.29, 1.82) is 0 Å². The average molecular weight is 341 g/mol. The van der Waals surface area contributed by atoms with Crippen molar-refractivity contribution in [1.82, 2.24) is 0 Å². The molecular formula is C18H29BrO. The Morgan fingerprint density at radius 1 is 1.05 bits per heavy atom. The van der Waals surface area contributed by atoms with Gasteiger partial charge in [0.15, 0.2) is 0 Å². The van der Waals surface area contributed by atoms with Gasteiger partial charge in [-0.3, -0.25) is 0 Å². The third-order valence-corrected chi connectivity index (χ3v) is 4.41. The van der Waals surface area contributed by atoms with Gasteiger partial charge in [-0.1, -0.05) is 81.4 Å². The van der Waals surface area contributed by atoms with Gasteiger partial charge in [-0.2, -0.15) is 0 Å². The lowest BCUT2D eigenvalue weighted by molar-refractivity contribution is 0.438. The minimum atomic E-state index is -0.0147. The highest BCUT2D eigenvalue weighted by Gasteiger charge is 2.20. The Morgan fingerprint density at radius 2 is 1.70 bits per heavy atom. The van der Waals surface area contributed by atoms with E-state index in [9.17, 15) is 5.11 Å². The first kappa shape index (κ1) is 17.6. The molecule has 0 aliphatic rings. The van der Waals surface area contributed by atoms with Crippen LogP contribution in [0.2, 0.25) is 0 Å². The van der Waals surface area contributed by atoms with Gasteiger partial charge >= 0.3 is 0 Å². The van der Waals surface area contributed by atoms with Crippen LogP contribution in [0, 0.1) is 0 Å². The van der Waals surface area contributed by atoms with Crippen LogP contribution in [0.25, 0.3) is 0 Å². The van der Waals surface area contributed by atoms with Gasteiger partial charge in [0.05, 0.1) is 0 Å². The highest BCUT2D eigenvalue weighted by molar-refractivity contribution is 9.08. The maximum atomic E-state index is 10.5. The molecule has 1 aromatic carbocycles. The van der Waals surface area contributed by atoms with Crippen LogP contribution in [0.1, 0.15) is 76.5 Å². The van der Waals surface area contributed by atoms with E-state index in [2.05, 4.69) is 55.8 Å². The fourth-order valence-electron chi connectivity index (χ4n) is 2.52. The van der Waals surface area contributed by atoms with E-state index < -0.39 is 0 Å². The molecule has 0 spiro atoms. The van der Waals surface area contributed by atoms with Crippen molar-refractivity contribution in [3.05, 3.63) is 28.8 Å². The minimum absolute atomic E-state index is 0.0147. The van der Waals surface area contributed by atoms with Crippen molar-refractivity contribution in [2.75, 3.05) is 0 Å². The number of alkyl halides is 1. The van der Waals surface area contributed by atoms with Crippen LogP contribution in [0.5, 0.6) is 5.75 Å². The van der Waals surface area contributed by atoms with E-state index >= 15 is 0 Å². The van der Waals surface area contributed by atoms with Gasteiger partial charge in [0, 0.05) is 5.33 Å². The summed E-state index contributed by atoms with van der Waals surface area (Å²) >= 11 is 3.54. The highest BCUT2D eigenvalue weighted by Crippen LogP contribution is 2.35. The summed E-state index contributed by atoms with van der Waals surface area (Å²) in [6.45, 7) is 8.71. The van der Waals surface area contributed by atoms with Gasteiger partial charge in [-0.15, -0.1) is 0 Å². The summed E-state index contributed by atoms with van der Waals surface area (Å²) in [4.78, 5) is 0. The first-order valence-corrected chi connectivity index (χ1v) is 8.93. The third-order valence-electron chi connectivity index (χ3n) is 3.76. The summed E-state index contributed by atoms with van der Waals surface area (Å²) in [6, 6.07) is 4.28. The van der Waals surface area contributed by atoms with Gasteiger partial charge in [0.2, 0.25) is 0 Å². The monoisotopic (exact) mass is 340 g/mol. The van der Waals surface area contributed by atoms with Crippen molar-refractivity contribution < 1.29 is 5.11 Å². The van der Waals surface area contributed by atoms with E-state index in [4.69, 9.17) is 0 Å². The van der Waals surface area contributed by atoms with Crippen molar-refractivity contribution in [3.8, 4) is 5.75 Å². The Kier molecular flexibility index (Phi) is 7.08. The van der Waals surface area contributed by atoms with Crippen LogP contribution in [0.3, 0.4) is 0 Å². The molecule has 114 valence electrons. The molecule has 0 heterocycles. The zero-order valence-corrected chi connectivity index (χ0v) is 15.0. The van der Waals surface area contributed by atoms with Gasteiger partial charge in [-0.05, 0) is 34.9 Å². The van der Waals surface area contributed by atoms with Crippen molar-refractivity contribution in [2.45, 2.75) is 77.0 Å². The Morgan fingerprint density at radius 3 is 2.25 bits per heavy atom. The van der Waals surface area contributed by atoms with E-state index in [-0.39, 0.29) is 5.41 Å². The number of phenols is 1. The standard InChI is InChI=1S/C18H29BrO/c1-5-6-7-8-9-10-15-11-14(13-19)12-16(17(15)20)18(2,3)4/h11-12,20H,5-10,13H2,1-4H3. The van der Waals surface area contributed by atoms with Crippen LogP contribution in [0.15, 0.2) is 12.1 Å². The summed E-state index contributed by atoms with van der Waals surface area (Å²) in [5.74, 6) is 0.512. The molecule has 0 aliphatic carbocycles. The molecule has 0 radical (unpaired) electrons. The first-order valence-electron chi connectivity index (χ1n) is 7.81. The number of aromatic hydroxyl groups is 1. The fraction of sp³-hybridized carbons (Fsp3) is 0.667. The summed E-state index contributed by atoms with van der Waals surface area (Å²) < 4.78 is 0. The topological polar surface area (TPSA) is 20.2 Å². The second-order valence-electron chi connectivity index (χ2n) is 6.70. The van der Waals surface area contributed by atoms with Gasteiger partial charge in [-0.25, -0.2) is 0 Å². The minimum Gasteiger partial charge on any atom is -0.507 e. The molecule has 1 rings (SSSR count). The lowest BCUT2D eigenvalue weighted by Crippen LogP contribution is -2.13. The van der Waals surface area contributed by atoms with Crippen molar-refractivity contribution >= 4 is 15.9 Å². The smallest absolute Gasteiger partial charge is 0.122 e. The predicted octanol–water partition coefficient (Wildman–Crippen LogP) is 6.10. The molecule has 1 nitrogen and oxygen atoms in total. The molecule has 0 atom stereocenters. The second-order valence-corrected chi connectivity index (χ2v) is 7.26. The van der Waals surface area contributed by atoms with Gasteiger partial charge < -0.3 is 5.11 Å². The second kappa shape index (κ2) is 8.07. The SMILES string of the molecule is CCCCCCCc1cc(CBr)cc(C(C)(C)C)c1O. The molecule has 1 aromatic rings. The number of unbranched alkanes of at least 4 members (excludes halogenated alkanes) is 4. The molecule has 0 amide bonds. The molecule has 0 aliphatic heterocycles. The van der Waals surface area contributed by atoms with Crippen molar-refractivity contribution in [3.63, 3.8) is 0 Å². The lowest BCUT2D eigenvalue weighted by Gasteiger charge is -2.23. The van der Waals surface area contributed by atoms with Crippen LogP contribution in [-0.4, -0.2) is 5.11 Å². The molecule has 2 heteroatoms. The molecule has 0 aromatic heterocycles. The zero-order valence-electron chi connectivity index (χ0n) is 13.4. The van der Waals surface area contributed by atoms with E-state index in [0.717, 1.165) is 22.9 Å². The molecule has 0 saturated heterocycles. The summed E-state index contributed by atoms with van der Waals surface area (Å²) in [7, 11) is 0. The summed E-state index contributed by atoms with van der Waals surface area (Å²) in [5, 5.41) is 11.4. The van der Waals surface area contributed by atoms with Crippen molar-refractivity contribution in [2.24, 2.45) is 0 Å². The maximum absolute atomic E-state index is 10.5. The molecule has 0 saturated carbocycles. The van der Waals surface area contributed by atoms with Crippen LogP contribution in [0.4, 0.5) is 0 Å². The highest BCUT2D eigenvalue weighted by atomic mass is 79.9. The number of benzene rings is 1. The van der Waals surface area contributed by atoms with E-state index in [1.807, 2.05) is 0 Å². The van der Waals surface area contributed by atoms with Gasteiger partial charge in [0.1, 0.15) is 5.75 Å². The average Bonchev–Trinajstić information content (AvgIpc) is 2.39. The third kappa shape index (κ3) is 5.12. The Balaban J connectivity index is 2.84. The molecule has 1 N–H and O–H groups in total. The Hall–Kier alpha value is -0.500. The molecule has 0 bridgehead atoms.